The molecule has 2 rings (SSSR count). The molecule has 0 saturated carbocycles. The monoisotopic (exact) mass is 271 g/mol. The zero-order valence-electron chi connectivity index (χ0n) is 10.9. The molecule has 1 amide bonds. The Morgan fingerprint density at radius 3 is 2.42 bits per heavy atom. The van der Waals surface area contributed by atoms with Crippen LogP contribution in [0.1, 0.15) is 15.9 Å². The molecule has 0 aliphatic rings. The summed E-state index contributed by atoms with van der Waals surface area (Å²) in [6, 6.07) is 17.8. The van der Waals surface area contributed by atoms with E-state index in [0.717, 1.165) is 16.9 Å². The number of rotatable bonds is 5. The number of thioether (sulfide) groups is 1. The lowest BCUT2D eigenvalue weighted by Crippen LogP contribution is -2.25. The van der Waals surface area contributed by atoms with Gasteiger partial charge in [-0.15, -0.1) is 11.8 Å². The van der Waals surface area contributed by atoms with Gasteiger partial charge in [-0.1, -0.05) is 35.9 Å². The van der Waals surface area contributed by atoms with Crippen molar-refractivity contribution in [1.82, 2.24) is 5.32 Å². The van der Waals surface area contributed by atoms with Crippen LogP contribution < -0.4 is 5.32 Å². The number of aryl methyl sites for hydroxylation is 1. The molecule has 0 bridgehead atoms. The summed E-state index contributed by atoms with van der Waals surface area (Å²) in [7, 11) is 0. The smallest absolute Gasteiger partial charge is 0.251 e. The van der Waals surface area contributed by atoms with Crippen LogP contribution in [0, 0.1) is 6.92 Å². The molecule has 0 fully saturated rings. The third-order valence-corrected chi connectivity index (χ3v) is 3.73. The Hall–Kier alpha value is -1.74. The van der Waals surface area contributed by atoms with Gasteiger partial charge in [-0.2, -0.15) is 0 Å². The topological polar surface area (TPSA) is 29.1 Å². The van der Waals surface area contributed by atoms with Gasteiger partial charge in [0.1, 0.15) is 0 Å². The minimum absolute atomic E-state index is 0.00587. The molecule has 0 aromatic heterocycles. The Kier molecular flexibility index (Phi) is 5.04. The fourth-order valence-corrected chi connectivity index (χ4v) is 2.45. The van der Waals surface area contributed by atoms with Crippen molar-refractivity contribution in [2.24, 2.45) is 0 Å². The van der Waals surface area contributed by atoms with Gasteiger partial charge in [0.25, 0.3) is 5.91 Å². The Morgan fingerprint density at radius 1 is 1.05 bits per heavy atom. The largest absolute Gasteiger partial charge is 0.351 e. The lowest BCUT2D eigenvalue weighted by Gasteiger charge is -2.05. The minimum Gasteiger partial charge on any atom is -0.351 e. The summed E-state index contributed by atoms with van der Waals surface area (Å²) in [5.41, 5.74) is 1.88. The van der Waals surface area contributed by atoms with Gasteiger partial charge in [0.2, 0.25) is 0 Å². The Labute approximate surface area is 118 Å². The molecule has 0 aliphatic carbocycles. The first-order chi connectivity index (χ1) is 9.25. The first kappa shape index (κ1) is 13.7. The highest BCUT2D eigenvalue weighted by atomic mass is 32.2. The van der Waals surface area contributed by atoms with Crippen molar-refractivity contribution in [3.8, 4) is 0 Å². The molecule has 2 aromatic carbocycles. The second kappa shape index (κ2) is 7.00. The van der Waals surface area contributed by atoms with Crippen molar-refractivity contribution in [3.63, 3.8) is 0 Å². The summed E-state index contributed by atoms with van der Waals surface area (Å²) >= 11 is 1.75. The SMILES string of the molecule is Cc1ccc(C(=O)NCCSc2ccccc2)cc1. The highest BCUT2D eigenvalue weighted by Crippen LogP contribution is 2.15. The van der Waals surface area contributed by atoms with Crippen LogP contribution in [0.15, 0.2) is 59.5 Å². The maximum atomic E-state index is 11.8. The maximum absolute atomic E-state index is 11.8. The lowest BCUT2D eigenvalue weighted by atomic mass is 10.1. The van der Waals surface area contributed by atoms with Crippen molar-refractivity contribution < 1.29 is 4.79 Å². The second-order valence-corrected chi connectivity index (χ2v) is 5.45. The normalized spacial score (nSPS) is 10.2. The van der Waals surface area contributed by atoms with Crippen LogP contribution in [0.3, 0.4) is 0 Å². The van der Waals surface area contributed by atoms with Crippen LogP contribution in [0.5, 0.6) is 0 Å². The van der Waals surface area contributed by atoms with Gasteiger partial charge in [-0.05, 0) is 31.2 Å². The third kappa shape index (κ3) is 4.45. The van der Waals surface area contributed by atoms with Gasteiger partial charge >= 0.3 is 0 Å². The fourth-order valence-electron chi connectivity index (χ4n) is 1.66. The molecule has 3 heteroatoms. The molecule has 2 nitrogen and oxygen atoms in total. The van der Waals surface area contributed by atoms with Crippen molar-refractivity contribution in [1.29, 1.82) is 0 Å². The summed E-state index contributed by atoms with van der Waals surface area (Å²) in [6.45, 7) is 2.68. The van der Waals surface area contributed by atoms with Gasteiger partial charge in [0.15, 0.2) is 0 Å². The van der Waals surface area contributed by atoms with Crippen LogP contribution in [0.25, 0.3) is 0 Å². The molecule has 0 aliphatic heterocycles. The van der Waals surface area contributed by atoms with Gasteiger partial charge in [0, 0.05) is 22.8 Å². The van der Waals surface area contributed by atoms with E-state index < -0.39 is 0 Å². The van der Waals surface area contributed by atoms with Gasteiger partial charge in [-0.25, -0.2) is 0 Å². The average molecular weight is 271 g/mol. The van der Waals surface area contributed by atoms with Gasteiger partial charge in [0.05, 0.1) is 0 Å². The number of nitrogens with one attached hydrogen (secondary N) is 1. The number of amides is 1. The first-order valence-corrected chi connectivity index (χ1v) is 7.27. The van der Waals surface area contributed by atoms with E-state index in [1.807, 2.05) is 49.4 Å². The van der Waals surface area contributed by atoms with E-state index >= 15 is 0 Å². The molecule has 0 heterocycles. The number of hydrogen-bond donors (Lipinski definition) is 1. The number of carbonyl (C=O) groups is 1. The molecule has 0 unspecified atom stereocenters. The van der Waals surface area contributed by atoms with E-state index in [1.165, 1.54) is 4.90 Å². The van der Waals surface area contributed by atoms with Crippen LogP contribution in [-0.2, 0) is 0 Å². The highest BCUT2D eigenvalue weighted by Gasteiger charge is 2.03. The van der Waals surface area contributed by atoms with E-state index in [1.54, 1.807) is 11.8 Å². The van der Waals surface area contributed by atoms with Crippen LogP contribution in [0.4, 0.5) is 0 Å². The molecule has 0 atom stereocenters. The molecule has 0 spiro atoms. The zero-order chi connectivity index (χ0) is 13.5. The molecule has 19 heavy (non-hydrogen) atoms. The summed E-state index contributed by atoms with van der Waals surface area (Å²) in [6.07, 6.45) is 0. The van der Waals surface area contributed by atoms with Crippen molar-refractivity contribution in [3.05, 3.63) is 65.7 Å². The fraction of sp³-hybridized carbons (Fsp3) is 0.188. The molecule has 0 saturated heterocycles. The van der Waals surface area contributed by atoms with Gasteiger partial charge in [-0.3, -0.25) is 4.79 Å². The average Bonchev–Trinajstić information content (AvgIpc) is 2.45. The number of hydrogen-bond acceptors (Lipinski definition) is 2. The molecular formula is C16H17NOS. The van der Waals surface area contributed by atoms with Crippen LogP contribution in [0.2, 0.25) is 0 Å². The summed E-state index contributed by atoms with van der Waals surface area (Å²) in [4.78, 5) is 13.1. The predicted molar refractivity (Wildman–Crippen MR) is 80.7 cm³/mol. The minimum atomic E-state index is -0.00587. The standard InChI is InChI=1S/C16H17NOS/c1-13-7-9-14(10-8-13)16(18)17-11-12-19-15-5-3-2-4-6-15/h2-10H,11-12H2,1H3,(H,17,18). The first-order valence-electron chi connectivity index (χ1n) is 6.28. The van der Waals surface area contributed by atoms with Crippen molar-refractivity contribution >= 4 is 17.7 Å². The lowest BCUT2D eigenvalue weighted by molar-refractivity contribution is 0.0956. The van der Waals surface area contributed by atoms with E-state index in [2.05, 4.69) is 17.4 Å². The van der Waals surface area contributed by atoms with E-state index in [9.17, 15) is 4.79 Å². The molecular weight excluding hydrogens is 254 g/mol. The predicted octanol–water partition coefficient (Wildman–Crippen LogP) is 3.52. The maximum Gasteiger partial charge on any atom is 0.251 e. The van der Waals surface area contributed by atoms with E-state index in [4.69, 9.17) is 0 Å². The number of benzene rings is 2. The third-order valence-electron chi connectivity index (χ3n) is 2.71. The quantitative estimate of drug-likeness (QED) is 0.666. The summed E-state index contributed by atoms with van der Waals surface area (Å²) in [5, 5.41) is 2.93. The Balaban J connectivity index is 1.74. The molecule has 98 valence electrons. The van der Waals surface area contributed by atoms with Crippen LogP contribution in [-0.4, -0.2) is 18.2 Å². The molecule has 1 N–H and O–H groups in total. The Bertz CT molecular complexity index is 522. The second-order valence-electron chi connectivity index (χ2n) is 4.28. The van der Waals surface area contributed by atoms with Crippen LogP contribution >= 0.6 is 11.8 Å². The van der Waals surface area contributed by atoms with Crippen molar-refractivity contribution in [2.75, 3.05) is 12.3 Å². The molecule has 0 radical (unpaired) electrons. The Morgan fingerprint density at radius 2 is 1.74 bits per heavy atom. The summed E-state index contributed by atoms with van der Waals surface area (Å²) < 4.78 is 0. The van der Waals surface area contributed by atoms with E-state index in [-0.39, 0.29) is 5.91 Å². The van der Waals surface area contributed by atoms with E-state index in [0.29, 0.717) is 6.54 Å². The highest BCUT2D eigenvalue weighted by molar-refractivity contribution is 7.99. The summed E-state index contributed by atoms with van der Waals surface area (Å²) in [5.74, 6) is 0.871. The van der Waals surface area contributed by atoms with Gasteiger partial charge < -0.3 is 5.32 Å². The number of carbonyl (C=O) groups excluding carboxylic acids is 1. The zero-order valence-corrected chi connectivity index (χ0v) is 11.7. The van der Waals surface area contributed by atoms with Crippen molar-refractivity contribution in [2.45, 2.75) is 11.8 Å². The molecule has 2 aromatic rings.